The van der Waals surface area contributed by atoms with Gasteiger partial charge in [0.05, 0.1) is 0 Å². The van der Waals surface area contributed by atoms with Gasteiger partial charge in [-0.3, -0.25) is 4.79 Å². The normalized spacial score (nSPS) is 12.3. The molecule has 0 aromatic heterocycles. The van der Waals surface area contributed by atoms with E-state index in [1.165, 1.54) is 0 Å². The van der Waals surface area contributed by atoms with E-state index in [2.05, 4.69) is 12.2 Å². The Kier molecular flexibility index (Phi) is 9.47. The predicted octanol–water partition coefficient (Wildman–Crippen LogP) is 2.27. The molecule has 0 rings (SSSR count). The van der Waals surface area contributed by atoms with Gasteiger partial charge in [-0.2, -0.15) is 11.8 Å². The lowest BCUT2D eigenvalue weighted by Gasteiger charge is -2.27. The van der Waals surface area contributed by atoms with E-state index in [0.717, 1.165) is 5.75 Å². The lowest BCUT2D eigenvalue weighted by molar-refractivity contribution is -0.137. The highest BCUT2D eigenvalue weighted by Gasteiger charge is 2.17. The topological polar surface area (TPSA) is 69.6 Å². The summed E-state index contributed by atoms with van der Waals surface area (Å²) in [4.78, 5) is 24.2. The van der Waals surface area contributed by atoms with Crippen LogP contribution in [0.2, 0.25) is 0 Å². The lowest BCUT2D eigenvalue weighted by atomic mass is 10.2. The maximum Gasteiger partial charge on any atom is 0.317 e. The van der Waals surface area contributed by atoms with Crippen molar-refractivity contribution in [3.63, 3.8) is 0 Å². The molecule has 5 nitrogen and oxygen atoms in total. The molecule has 0 aromatic rings. The fourth-order valence-electron chi connectivity index (χ4n) is 1.70. The van der Waals surface area contributed by atoms with E-state index in [1.807, 2.05) is 20.1 Å². The number of nitrogens with zero attached hydrogens (tertiary/aromatic N) is 1. The van der Waals surface area contributed by atoms with Crippen LogP contribution in [0, 0.1) is 5.92 Å². The van der Waals surface area contributed by atoms with Crippen molar-refractivity contribution in [3.8, 4) is 0 Å². The standard InChI is InChI=1S/C13H26N2O3S/c1-10(2)15(7-5-6-12(16)17)13(18)14-8-11(3)9-19-4/h10-11H,5-9H2,1-4H3,(H,14,18)(H,16,17). The van der Waals surface area contributed by atoms with Gasteiger partial charge in [-0.15, -0.1) is 0 Å². The second kappa shape index (κ2) is 9.95. The Morgan fingerprint density at radius 2 is 1.95 bits per heavy atom. The van der Waals surface area contributed by atoms with Gasteiger partial charge in [0, 0.05) is 25.6 Å². The predicted molar refractivity (Wildman–Crippen MR) is 79.7 cm³/mol. The monoisotopic (exact) mass is 290 g/mol. The maximum absolute atomic E-state index is 12.0. The second-order valence-corrected chi connectivity index (χ2v) is 5.94. The molecule has 0 aliphatic heterocycles. The molecule has 2 amide bonds. The maximum atomic E-state index is 12.0. The summed E-state index contributed by atoms with van der Waals surface area (Å²) in [6, 6.07) is -0.0296. The van der Waals surface area contributed by atoms with E-state index in [9.17, 15) is 9.59 Å². The van der Waals surface area contributed by atoms with Crippen LogP contribution in [-0.2, 0) is 4.79 Å². The molecule has 0 spiro atoms. The number of aliphatic carboxylic acids is 1. The smallest absolute Gasteiger partial charge is 0.317 e. The van der Waals surface area contributed by atoms with Gasteiger partial charge in [-0.1, -0.05) is 6.92 Å². The Bertz CT molecular complexity index is 285. The van der Waals surface area contributed by atoms with Gasteiger partial charge in [-0.05, 0) is 38.2 Å². The number of urea groups is 1. The average molecular weight is 290 g/mol. The first kappa shape index (κ1) is 18.1. The van der Waals surface area contributed by atoms with E-state index in [1.54, 1.807) is 16.7 Å². The summed E-state index contributed by atoms with van der Waals surface area (Å²) < 4.78 is 0. The highest BCUT2D eigenvalue weighted by atomic mass is 32.2. The van der Waals surface area contributed by atoms with Crippen LogP contribution in [0.25, 0.3) is 0 Å². The molecule has 2 N–H and O–H groups in total. The summed E-state index contributed by atoms with van der Waals surface area (Å²) >= 11 is 1.76. The average Bonchev–Trinajstić information content (AvgIpc) is 2.31. The van der Waals surface area contributed by atoms with Crippen molar-refractivity contribution < 1.29 is 14.7 Å². The van der Waals surface area contributed by atoms with Crippen LogP contribution in [0.15, 0.2) is 0 Å². The number of thioether (sulfide) groups is 1. The zero-order valence-electron chi connectivity index (χ0n) is 12.3. The van der Waals surface area contributed by atoms with Crippen LogP contribution < -0.4 is 5.32 Å². The first-order valence-corrected chi connectivity index (χ1v) is 8.03. The first-order chi connectivity index (χ1) is 8.88. The van der Waals surface area contributed by atoms with Crippen LogP contribution in [0.3, 0.4) is 0 Å². The molecular formula is C13H26N2O3S. The number of carbonyl (C=O) groups excluding carboxylic acids is 1. The first-order valence-electron chi connectivity index (χ1n) is 6.63. The van der Waals surface area contributed by atoms with Gasteiger partial charge in [-0.25, -0.2) is 4.79 Å². The fraction of sp³-hybridized carbons (Fsp3) is 0.846. The molecule has 0 saturated carbocycles. The van der Waals surface area contributed by atoms with Gasteiger partial charge >= 0.3 is 12.0 Å². The molecule has 0 aliphatic carbocycles. The summed E-state index contributed by atoms with van der Waals surface area (Å²) in [5.41, 5.74) is 0. The molecule has 0 radical (unpaired) electrons. The minimum Gasteiger partial charge on any atom is -0.481 e. The third-order valence-electron chi connectivity index (χ3n) is 2.73. The molecule has 1 unspecified atom stereocenters. The molecule has 1 atom stereocenters. The van der Waals surface area contributed by atoms with Crippen LogP contribution in [0.1, 0.15) is 33.6 Å². The summed E-state index contributed by atoms with van der Waals surface area (Å²) in [6.45, 7) is 7.10. The van der Waals surface area contributed by atoms with E-state index in [-0.39, 0.29) is 18.5 Å². The number of carboxylic acid groups (broad SMARTS) is 1. The molecule has 0 heterocycles. The highest BCUT2D eigenvalue weighted by Crippen LogP contribution is 2.05. The van der Waals surface area contributed by atoms with Gasteiger partial charge < -0.3 is 15.3 Å². The SMILES string of the molecule is CSCC(C)CNC(=O)N(CCCC(=O)O)C(C)C. The molecule has 0 aromatic carbocycles. The van der Waals surface area contributed by atoms with Crippen molar-refractivity contribution in [2.45, 2.75) is 39.7 Å². The number of hydrogen-bond acceptors (Lipinski definition) is 3. The second-order valence-electron chi connectivity index (χ2n) is 5.03. The Morgan fingerprint density at radius 3 is 2.42 bits per heavy atom. The minimum atomic E-state index is -0.822. The zero-order valence-corrected chi connectivity index (χ0v) is 13.1. The quantitative estimate of drug-likeness (QED) is 0.683. The Hall–Kier alpha value is -0.910. The van der Waals surface area contributed by atoms with Crippen LogP contribution in [-0.4, -0.2) is 53.1 Å². The zero-order chi connectivity index (χ0) is 14.8. The van der Waals surface area contributed by atoms with E-state index >= 15 is 0 Å². The third kappa shape index (κ3) is 8.75. The summed E-state index contributed by atoms with van der Waals surface area (Å²) in [5, 5.41) is 11.5. The third-order valence-corrected chi connectivity index (χ3v) is 3.63. The number of amides is 2. The fourth-order valence-corrected chi connectivity index (χ4v) is 2.39. The molecule has 0 saturated heterocycles. The minimum absolute atomic E-state index is 0.0738. The van der Waals surface area contributed by atoms with Crippen molar-refractivity contribution >= 4 is 23.8 Å². The van der Waals surface area contributed by atoms with E-state index < -0.39 is 5.97 Å². The number of rotatable bonds is 9. The number of carboxylic acids is 1. The van der Waals surface area contributed by atoms with Gasteiger partial charge in [0.25, 0.3) is 0 Å². The van der Waals surface area contributed by atoms with Gasteiger partial charge in [0.2, 0.25) is 0 Å². The number of carbonyl (C=O) groups is 2. The van der Waals surface area contributed by atoms with Crippen LogP contribution in [0.5, 0.6) is 0 Å². The van der Waals surface area contributed by atoms with Gasteiger partial charge in [0.1, 0.15) is 0 Å². The Balaban J connectivity index is 4.14. The number of hydrogen-bond donors (Lipinski definition) is 2. The van der Waals surface area contributed by atoms with Crippen molar-refractivity contribution in [2.24, 2.45) is 5.92 Å². The van der Waals surface area contributed by atoms with Crippen molar-refractivity contribution in [3.05, 3.63) is 0 Å². The molecule has 0 fully saturated rings. The highest BCUT2D eigenvalue weighted by molar-refractivity contribution is 7.98. The van der Waals surface area contributed by atoms with Crippen molar-refractivity contribution in [1.82, 2.24) is 10.2 Å². The van der Waals surface area contributed by atoms with E-state index in [0.29, 0.717) is 25.4 Å². The summed E-state index contributed by atoms with van der Waals surface area (Å²) in [7, 11) is 0. The molecule has 112 valence electrons. The lowest BCUT2D eigenvalue weighted by Crippen LogP contribution is -2.45. The summed E-state index contributed by atoms with van der Waals surface area (Å²) in [5.74, 6) is 0.630. The molecule has 6 heteroatoms. The number of nitrogens with one attached hydrogen (secondary N) is 1. The van der Waals surface area contributed by atoms with Crippen molar-refractivity contribution in [2.75, 3.05) is 25.1 Å². The molecule has 0 bridgehead atoms. The van der Waals surface area contributed by atoms with Gasteiger partial charge in [0.15, 0.2) is 0 Å². The molecule has 19 heavy (non-hydrogen) atoms. The van der Waals surface area contributed by atoms with Crippen LogP contribution in [0.4, 0.5) is 4.79 Å². The van der Waals surface area contributed by atoms with E-state index in [4.69, 9.17) is 5.11 Å². The molecular weight excluding hydrogens is 264 g/mol. The van der Waals surface area contributed by atoms with Crippen LogP contribution >= 0.6 is 11.8 Å². The largest absolute Gasteiger partial charge is 0.481 e. The summed E-state index contributed by atoms with van der Waals surface area (Å²) in [6.07, 6.45) is 2.63. The Morgan fingerprint density at radius 1 is 1.32 bits per heavy atom. The molecule has 0 aliphatic rings. The van der Waals surface area contributed by atoms with Crippen molar-refractivity contribution in [1.29, 1.82) is 0 Å². The Labute approximate surface area is 120 Å².